The van der Waals surface area contributed by atoms with Gasteiger partial charge in [0.1, 0.15) is 17.2 Å². The highest BCUT2D eigenvalue weighted by molar-refractivity contribution is 6.35. The minimum Gasteiger partial charge on any atom is -0.350 e. The van der Waals surface area contributed by atoms with Gasteiger partial charge in [-0.3, -0.25) is 4.99 Å². The normalized spacial score (nSPS) is 16.3. The van der Waals surface area contributed by atoms with Crippen LogP contribution in [0.25, 0.3) is 11.0 Å². The van der Waals surface area contributed by atoms with E-state index in [0.717, 1.165) is 34.9 Å². The lowest BCUT2D eigenvalue weighted by Crippen LogP contribution is -2.11. The van der Waals surface area contributed by atoms with Crippen molar-refractivity contribution >= 4 is 40.2 Å². The lowest BCUT2D eigenvalue weighted by molar-refractivity contribution is 0.959. The number of anilines is 2. The van der Waals surface area contributed by atoms with Gasteiger partial charge in [-0.25, -0.2) is 9.97 Å². The fraction of sp³-hybridized carbons (Fsp3) is 0.263. The molecule has 0 spiro atoms. The molecule has 1 fully saturated rings. The van der Waals surface area contributed by atoms with Crippen molar-refractivity contribution in [3.05, 3.63) is 53.0 Å². The zero-order valence-electron chi connectivity index (χ0n) is 14.5. The molecule has 7 nitrogen and oxygen atoms in total. The Labute approximate surface area is 161 Å². The Kier molecular flexibility index (Phi) is 4.01. The van der Waals surface area contributed by atoms with Crippen molar-refractivity contribution in [3.63, 3.8) is 0 Å². The summed E-state index contributed by atoms with van der Waals surface area (Å²) in [7, 11) is 0. The fourth-order valence-corrected chi connectivity index (χ4v) is 3.47. The molecule has 0 radical (unpaired) electrons. The van der Waals surface area contributed by atoms with Crippen molar-refractivity contribution in [1.29, 1.82) is 0 Å². The minimum atomic E-state index is 0.512. The maximum absolute atomic E-state index is 6.44. The molecule has 27 heavy (non-hydrogen) atoms. The summed E-state index contributed by atoms with van der Waals surface area (Å²) in [6, 6.07) is 5.76. The SMILES string of the molecule is Clc1c(CNc2nccc(NC3=NCC(C4CC4)=C3)n2)ccc2[nH]cnc12. The molecule has 2 aromatic heterocycles. The quantitative estimate of drug-likeness (QED) is 0.627. The predicted octanol–water partition coefficient (Wildman–Crippen LogP) is 3.78. The van der Waals surface area contributed by atoms with Crippen molar-refractivity contribution in [1.82, 2.24) is 19.9 Å². The van der Waals surface area contributed by atoms with Crippen LogP contribution in [0.4, 0.5) is 11.8 Å². The van der Waals surface area contributed by atoms with Gasteiger partial charge in [0.25, 0.3) is 0 Å². The number of benzene rings is 1. The summed E-state index contributed by atoms with van der Waals surface area (Å²) in [5.41, 5.74) is 4.05. The van der Waals surface area contributed by atoms with E-state index in [0.29, 0.717) is 23.3 Å². The van der Waals surface area contributed by atoms with Crippen LogP contribution < -0.4 is 10.6 Å². The Morgan fingerprint density at radius 2 is 2.11 bits per heavy atom. The second-order valence-electron chi connectivity index (χ2n) is 6.78. The summed E-state index contributed by atoms with van der Waals surface area (Å²) in [6.07, 6.45) is 8.09. The molecule has 1 aromatic carbocycles. The highest BCUT2D eigenvalue weighted by Gasteiger charge is 2.27. The first-order valence-corrected chi connectivity index (χ1v) is 9.33. The van der Waals surface area contributed by atoms with E-state index in [4.69, 9.17) is 11.6 Å². The predicted molar refractivity (Wildman–Crippen MR) is 107 cm³/mol. The van der Waals surface area contributed by atoms with E-state index in [-0.39, 0.29) is 0 Å². The number of halogens is 1. The van der Waals surface area contributed by atoms with Gasteiger partial charge in [-0.15, -0.1) is 0 Å². The van der Waals surface area contributed by atoms with Crippen LogP contribution >= 0.6 is 11.6 Å². The van der Waals surface area contributed by atoms with Gasteiger partial charge in [0.2, 0.25) is 5.95 Å². The molecule has 0 unspecified atom stereocenters. The van der Waals surface area contributed by atoms with Crippen LogP contribution in [-0.2, 0) is 6.54 Å². The summed E-state index contributed by atoms with van der Waals surface area (Å²) in [4.78, 5) is 20.6. The zero-order valence-corrected chi connectivity index (χ0v) is 15.3. The number of amidine groups is 1. The molecule has 5 rings (SSSR count). The van der Waals surface area contributed by atoms with Gasteiger partial charge in [0.15, 0.2) is 0 Å². The number of hydrogen-bond acceptors (Lipinski definition) is 6. The average Bonchev–Trinajstić information content (AvgIpc) is 3.23. The smallest absolute Gasteiger partial charge is 0.224 e. The van der Waals surface area contributed by atoms with Crippen LogP contribution in [-0.4, -0.2) is 32.3 Å². The second-order valence-corrected chi connectivity index (χ2v) is 7.15. The molecule has 0 bridgehead atoms. The van der Waals surface area contributed by atoms with E-state index in [1.807, 2.05) is 18.2 Å². The Morgan fingerprint density at radius 1 is 1.19 bits per heavy atom. The number of fused-ring (bicyclic) bond motifs is 1. The van der Waals surface area contributed by atoms with Crippen LogP contribution in [0.3, 0.4) is 0 Å². The van der Waals surface area contributed by atoms with Crippen LogP contribution in [0, 0.1) is 5.92 Å². The first-order valence-electron chi connectivity index (χ1n) is 8.95. The van der Waals surface area contributed by atoms with E-state index in [9.17, 15) is 0 Å². The van der Waals surface area contributed by atoms with E-state index in [1.54, 1.807) is 12.5 Å². The van der Waals surface area contributed by atoms with Gasteiger partial charge < -0.3 is 15.6 Å². The Bertz CT molecular complexity index is 1060. The summed E-state index contributed by atoms with van der Waals surface area (Å²) in [5, 5.41) is 7.12. The van der Waals surface area contributed by atoms with Crippen LogP contribution in [0.1, 0.15) is 18.4 Å². The van der Waals surface area contributed by atoms with Crippen molar-refractivity contribution in [2.45, 2.75) is 19.4 Å². The largest absolute Gasteiger partial charge is 0.350 e. The highest BCUT2D eigenvalue weighted by Crippen LogP contribution is 2.37. The van der Waals surface area contributed by atoms with Crippen molar-refractivity contribution in [2.24, 2.45) is 10.9 Å². The molecule has 3 N–H and O–H groups in total. The molecule has 3 aromatic rings. The maximum Gasteiger partial charge on any atom is 0.224 e. The lowest BCUT2D eigenvalue weighted by Gasteiger charge is -2.09. The molecule has 0 amide bonds. The Balaban J connectivity index is 1.27. The molecule has 0 atom stereocenters. The van der Waals surface area contributed by atoms with Crippen molar-refractivity contribution < 1.29 is 0 Å². The monoisotopic (exact) mass is 379 g/mol. The maximum atomic E-state index is 6.44. The number of nitrogens with one attached hydrogen (secondary N) is 3. The number of nitrogens with zero attached hydrogens (tertiary/aromatic N) is 4. The van der Waals surface area contributed by atoms with E-state index in [1.165, 1.54) is 18.4 Å². The third-order valence-electron chi connectivity index (χ3n) is 4.81. The third kappa shape index (κ3) is 3.38. The number of H-pyrrole nitrogens is 1. The van der Waals surface area contributed by atoms with Crippen molar-refractivity contribution in [2.75, 3.05) is 17.2 Å². The summed E-state index contributed by atoms with van der Waals surface area (Å²) in [6.45, 7) is 1.31. The first-order chi connectivity index (χ1) is 13.3. The summed E-state index contributed by atoms with van der Waals surface area (Å²) >= 11 is 6.44. The number of hydrogen-bond donors (Lipinski definition) is 3. The topological polar surface area (TPSA) is 90.9 Å². The van der Waals surface area contributed by atoms with Gasteiger partial charge in [-0.05, 0) is 48.1 Å². The highest BCUT2D eigenvalue weighted by atomic mass is 35.5. The van der Waals surface area contributed by atoms with E-state index < -0.39 is 0 Å². The fourth-order valence-electron chi connectivity index (χ4n) is 3.19. The zero-order chi connectivity index (χ0) is 18.2. The van der Waals surface area contributed by atoms with Gasteiger partial charge >= 0.3 is 0 Å². The average molecular weight is 380 g/mol. The standard InChI is InChI=1S/C19H18ClN7/c20-17-12(3-4-14-18(17)25-10-24-14)8-23-19-21-6-5-15(27-19)26-16-7-13(9-22-16)11-1-2-11/h3-7,10-11H,1-2,8-9H2,(H,24,25)(H2,21,22,23,26,27). The number of aromatic amines is 1. The number of imidazole rings is 1. The molecule has 1 saturated carbocycles. The van der Waals surface area contributed by atoms with Gasteiger partial charge in [-0.1, -0.05) is 17.7 Å². The van der Waals surface area contributed by atoms with Gasteiger partial charge in [0.05, 0.1) is 23.4 Å². The van der Waals surface area contributed by atoms with Crippen LogP contribution in [0.5, 0.6) is 0 Å². The third-order valence-corrected chi connectivity index (χ3v) is 5.24. The molecule has 2 aliphatic rings. The molecular formula is C19H18ClN7. The van der Waals surface area contributed by atoms with Crippen molar-refractivity contribution in [3.8, 4) is 0 Å². The molecule has 3 heterocycles. The van der Waals surface area contributed by atoms with Crippen LogP contribution in [0.15, 0.2) is 47.4 Å². The minimum absolute atomic E-state index is 0.512. The van der Waals surface area contributed by atoms with Gasteiger partial charge in [0, 0.05) is 12.7 Å². The van der Waals surface area contributed by atoms with E-state index >= 15 is 0 Å². The number of rotatable bonds is 5. The van der Waals surface area contributed by atoms with Crippen LogP contribution in [0.2, 0.25) is 5.02 Å². The molecule has 0 saturated heterocycles. The Hall–Kier alpha value is -2.93. The molecule has 8 heteroatoms. The molecular weight excluding hydrogens is 362 g/mol. The number of aliphatic imine (C=N–C) groups is 1. The summed E-state index contributed by atoms with van der Waals surface area (Å²) < 4.78 is 0. The van der Waals surface area contributed by atoms with E-state index in [2.05, 4.69) is 41.6 Å². The summed E-state index contributed by atoms with van der Waals surface area (Å²) in [5.74, 6) is 2.86. The van der Waals surface area contributed by atoms with Gasteiger partial charge in [-0.2, -0.15) is 4.98 Å². The first kappa shape index (κ1) is 16.3. The molecule has 1 aliphatic heterocycles. The molecule has 1 aliphatic carbocycles. The lowest BCUT2D eigenvalue weighted by atomic mass is 10.2. The number of aromatic nitrogens is 4. The molecule has 136 valence electrons. The second kappa shape index (κ2) is 6.66. The Morgan fingerprint density at radius 3 is 3.00 bits per heavy atom.